The molecule has 8 heteroatoms. The number of amides is 3. The smallest absolute Gasteiger partial charge is 0.408 e. The van der Waals surface area contributed by atoms with Gasteiger partial charge in [-0.2, -0.15) is 12.6 Å². The summed E-state index contributed by atoms with van der Waals surface area (Å²) in [5.74, 6) is -0.624. The molecule has 1 aromatic rings. The molecule has 3 amide bonds. The largest absolute Gasteiger partial charge is 0.444 e. The first-order valence-corrected chi connectivity index (χ1v) is 11.5. The van der Waals surface area contributed by atoms with Gasteiger partial charge in [0.2, 0.25) is 11.8 Å². The zero-order chi connectivity index (χ0) is 24.9. The monoisotopic (exact) mass is 465 g/mol. The third-order valence-corrected chi connectivity index (χ3v) is 5.07. The van der Waals surface area contributed by atoms with E-state index >= 15 is 0 Å². The topological polar surface area (TPSA) is 87.7 Å². The third kappa shape index (κ3) is 8.37. The molecule has 0 saturated carbocycles. The lowest BCUT2D eigenvalue weighted by Gasteiger charge is -2.35. The van der Waals surface area contributed by atoms with Gasteiger partial charge in [-0.05, 0) is 79.0 Å². The fourth-order valence-corrected chi connectivity index (χ4v) is 3.39. The Morgan fingerprint density at radius 3 is 2.09 bits per heavy atom. The second-order valence-corrected chi connectivity index (χ2v) is 10.4. The summed E-state index contributed by atoms with van der Waals surface area (Å²) in [7, 11) is 0. The molecule has 2 unspecified atom stereocenters. The molecule has 0 aliphatic carbocycles. The number of hydrogen-bond donors (Lipinski definition) is 3. The van der Waals surface area contributed by atoms with Crippen LogP contribution in [0.4, 0.5) is 4.79 Å². The van der Waals surface area contributed by atoms with E-state index in [0.29, 0.717) is 5.56 Å². The minimum Gasteiger partial charge on any atom is -0.444 e. The van der Waals surface area contributed by atoms with Crippen LogP contribution in [0.1, 0.15) is 71.2 Å². The Labute approximate surface area is 198 Å². The fraction of sp³-hybridized carbons (Fsp3) is 0.625. The van der Waals surface area contributed by atoms with Crippen molar-refractivity contribution < 1.29 is 19.1 Å². The average molecular weight is 466 g/mol. The number of rotatable bonds is 7. The van der Waals surface area contributed by atoms with E-state index in [2.05, 4.69) is 23.3 Å². The van der Waals surface area contributed by atoms with E-state index in [1.165, 1.54) is 4.90 Å². The zero-order valence-electron chi connectivity index (χ0n) is 20.8. The second kappa shape index (κ2) is 11.1. The van der Waals surface area contributed by atoms with Gasteiger partial charge in [0.1, 0.15) is 17.7 Å². The lowest BCUT2D eigenvalue weighted by atomic mass is 9.97. The molecule has 0 aliphatic rings. The van der Waals surface area contributed by atoms with Crippen LogP contribution in [0, 0.1) is 13.8 Å². The van der Waals surface area contributed by atoms with Gasteiger partial charge >= 0.3 is 6.09 Å². The molecule has 0 heterocycles. The van der Waals surface area contributed by atoms with Crippen LogP contribution in [-0.4, -0.2) is 52.3 Å². The van der Waals surface area contributed by atoms with Crippen LogP contribution in [0.25, 0.3) is 0 Å². The highest BCUT2D eigenvalue weighted by Crippen LogP contribution is 2.25. The van der Waals surface area contributed by atoms with Crippen molar-refractivity contribution in [2.75, 3.05) is 12.3 Å². The first-order chi connectivity index (χ1) is 14.6. The van der Waals surface area contributed by atoms with Crippen molar-refractivity contribution in [3.8, 4) is 0 Å². The second-order valence-electron chi connectivity index (χ2n) is 9.99. The number of ether oxygens (including phenoxy) is 1. The Balaban J connectivity index is 3.33. The fourth-order valence-electron chi connectivity index (χ4n) is 3.15. The summed E-state index contributed by atoms with van der Waals surface area (Å²) in [4.78, 5) is 40.6. The first kappa shape index (κ1) is 27.8. The van der Waals surface area contributed by atoms with E-state index in [1.54, 1.807) is 27.7 Å². The van der Waals surface area contributed by atoms with Gasteiger partial charge in [-0.25, -0.2) is 4.79 Å². The summed E-state index contributed by atoms with van der Waals surface area (Å²) in [6, 6.07) is 3.94. The Kier molecular flexibility index (Phi) is 9.63. The van der Waals surface area contributed by atoms with Gasteiger partial charge in [0.05, 0.1) is 0 Å². The van der Waals surface area contributed by atoms with Crippen LogP contribution < -0.4 is 10.6 Å². The number of nitrogens with zero attached hydrogens (tertiary/aromatic N) is 1. The first-order valence-electron chi connectivity index (χ1n) is 10.9. The Morgan fingerprint density at radius 1 is 1.06 bits per heavy atom. The molecular formula is C24H39N3O4S. The summed E-state index contributed by atoms with van der Waals surface area (Å²) in [5, 5.41) is 5.58. The highest BCUT2D eigenvalue weighted by atomic mass is 32.1. The number of carbonyl (C=O) groups excluding carboxylic acids is 3. The van der Waals surface area contributed by atoms with Crippen LogP contribution in [0.2, 0.25) is 0 Å². The Bertz CT molecular complexity index is 828. The molecule has 0 fully saturated rings. The normalized spacial score (nSPS) is 13.7. The maximum atomic E-state index is 13.5. The Morgan fingerprint density at radius 2 is 1.66 bits per heavy atom. The SMILES string of the molecule is CCN(C(=O)C(CS)NC(=O)OC(C)(C)C)C(C(=O)NC(C)(C)C)c1ccc(C)c(C)c1. The van der Waals surface area contributed by atoms with Gasteiger partial charge in [0, 0.05) is 17.8 Å². The lowest BCUT2D eigenvalue weighted by molar-refractivity contribution is -0.142. The molecule has 0 radical (unpaired) electrons. The van der Waals surface area contributed by atoms with Gasteiger partial charge in [0.15, 0.2) is 0 Å². The summed E-state index contributed by atoms with van der Waals surface area (Å²) < 4.78 is 5.29. The number of benzene rings is 1. The maximum absolute atomic E-state index is 13.5. The highest BCUT2D eigenvalue weighted by molar-refractivity contribution is 7.80. The highest BCUT2D eigenvalue weighted by Gasteiger charge is 2.36. The van der Waals surface area contributed by atoms with E-state index in [0.717, 1.165) is 11.1 Å². The molecule has 32 heavy (non-hydrogen) atoms. The lowest BCUT2D eigenvalue weighted by Crippen LogP contribution is -2.55. The van der Waals surface area contributed by atoms with Crippen LogP contribution in [-0.2, 0) is 14.3 Å². The molecule has 0 aliphatic heterocycles. The van der Waals surface area contributed by atoms with Crippen molar-refractivity contribution in [3.05, 3.63) is 34.9 Å². The molecule has 0 bridgehead atoms. The number of aryl methyl sites for hydroxylation is 2. The number of hydrogen-bond acceptors (Lipinski definition) is 5. The van der Waals surface area contributed by atoms with Crippen molar-refractivity contribution in [2.24, 2.45) is 0 Å². The number of thiol groups is 1. The van der Waals surface area contributed by atoms with Crippen molar-refractivity contribution in [1.29, 1.82) is 0 Å². The molecule has 1 rings (SSSR count). The van der Waals surface area contributed by atoms with Crippen LogP contribution in [0.3, 0.4) is 0 Å². The van der Waals surface area contributed by atoms with E-state index in [4.69, 9.17) is 4.74 Å². The molecule has 0 aromatic heterocycles. The molecule has 7 nitrogen and oxygen atoms in total. The van der Waals surface area contributed by atoms with Crippen LogP contribution in [0.15, 0.2) is 18.2 Å². The standard InChI is InChI=1S/C24H39N3O4S/c1-10-27(21(29)18(14-32)25-22(30)31-24(7,8)9)19(20(28)26-23(4,5)6)17-12-11-15(2)16(3)13-17/h11-13,18-19,32H,10,14H2,1-9H3,(H,25,30)(H,26,28). The molecule has 2 N–H and O–H groups in total. The van der Waals surface area contributed by atoms with E-state index in [-0.39, 0.29) is 18.2 Å². The third-order valence-electron chi connectivity index (χ3n) is 4.70. The number of likely N-dealkylation sites (N-methyl/N-ethyl adjacent to an activating group) is 1. The van der Waals surface area contributed by atoms with Gasteiger partial charge < -0.3 is 20.3 Å². The quantitative estimate of drug-likeness (QED) is 0.533. The van der Waals surface area contributed by atoms with Crippen LogP contribution >= 0.6 is 12.6 Å². The molecule has 0 spiro atoms. The summed E-state index contributed by atoms with van der Waals surface area (Å²) in [5.41, 5.74) is 1.65. The average Bonchev–Trinajstić information content (AvgIpc) is 2.63. The van der Waals surface area contributed by atoms with Crippen molar-refractivity contribution in [2.45, 2.75) is 85.5 Å². The summed E-state index contributed by atoms with van der Waals surface area (Å²) in [6.07, 6.45) is -0.706. The number of alkyl carbamates (subject to hydrolysis) is 1. The molecule has 1 aromatic carbocycles. The number of carbonyl (C=O) groups is 3. The Hall–Kier alpha value is -2.22. The molecular weight excluding hydrogens is 426 g/mol. The van der Waals surface area contributed by atoms with E-state index in [9.17, 15) is 14.4 Å². The zero-order valence-corrected chi connectivity index (χ0v) is 21.7. The molecule has 0 saturated heterocycles. The van der Waals surface area contributed by atoms with Gasteiger partial charge in [-0.15, -0.1) is 0 Å². The summed E-state index contributed by atoms with van der Waals surface area (Å²) in [6.45, 7) is 16.9. The minimum atomic E-state index is -0.940. The van der Waals surface area contributed by atoms with Crippen molar-refractivity contribution in [1.82, 2.24) is 15.5 Å². The molecule has 180 valence electrons. The van der Waals surface area contributed by atoms with E-state index < -0.39 is 35.2 Å². The minimum absolute atomic E-state index is 0.0646. The summed E-state index contributed by atoms with van der Waals surface area (Å²) >= 11 is 4.26. The predicted molar refractivity (Wildman–Crippen MR) is 131 cm³/mol. The van der Waals surface area contributed by atoms with Crippen LogP contribution in [0.5, 0.6) is 0 Å². The molecule has 2 atom stereocenters. The van der Waals surface area contributed by atoms with Gasteiger partial charge in [0.25, 0.3) is 0 Å². The predicted octanol–water partition coefficient (Wildman–Crippen LogP) is 3.93. The van der Waals surface area contributed by atoms with E-state index in [1.807, 2.05) is 52.8 Å². The van der Waals surface area contributed by atoms with Gasteiger partial charge in [-0.3, -0.25) is 9.59 Å². The van der Waals surface area contributed by atoms with Gasteiger partial charge in [-0.1, -0.05) is 18.2 Å². The van der Waals surface area contributed by atoms with Crippen molar-refractivity contribution in [3.63, 3.8) is 0 Å². The number of nitrogens with one attached hydrogen (secondary N) is 2. The maximum Gasteiger partial charge on any atom is 0.408 e. The van der Waals surface area contributed by atoms with Crippen molar-refractivity contribution >= 4 is 30.5 Å².